The molecule has 0 saturated carbocycles. The third-order valence-electron chi connectivity index (χ3n) is 3.25. The van der Waals surface area contributed by atoms with E-state index in [1.165, 1.54) is 12.1 Å². The van der Waals surface area contributed by atoms with Crippen molar-refractivity contribution in [2.45, 2.75) is 22.0 Å². The monoisotopic (exact) mass is 366 g/mol. The number of nitrogens with one attached hydrogen (secondary N) is 1. The van der Waals surface area contributed by atoms with Gasteiger partial charge in [0.1, 0.15) is 5.69 Å². The van der Waals surface area contributed by atoms with Gasteiger partial charge in [-0.15, -0.1) is 11.8 Å². The zero-order valence-corrected chi connectivity index (χ0v) is 14.9. The molecule has 0 aliphatic heterocycles. The summed E-state index contributed by atoms with van der Waals surface area (Å²) in [5.41, 5.74) is 0.0720. The molecule has 2 aromatic carbocycles. The van der Waals surface area contributed by atoms with E-state index in [1.807, 2.05) is 37.3 Å². The van der Waals surface area contributed by atoms with Gasteiger partial charge in [-0.1, -0.05) is 25.1 Å². The van der Waals surface area contributed by atoms with Gasteiger partial charge < -0.3 is 5.32 Å². The highest BCUT2D eigenvalue weighted by Gasteiger charge is 2.19. The number of anilines is 1. The van der Waals surface area contributed by atoms with Crippen molar-refractivity contribution in [2.75, 3.05) is 18.1 Å². The summed E-state index contributed by atoms with van der Waals surface area (Å²) in [6, 6.07) is 13.8. The van der Waals surface area contributed by atoms with Crippen molar-refractivity contribution in [3.8, 4) is 0 Å². The Morgan fingerprint density at radius 3 is 2.46 bits per heavy atom. The molecule has 0 spiro atoms. The molecule has 6 nitrogen and oxygen atoms in total. The number of rotatable bonds is 7. The van der Waals surface area contributed by atoms with Gasteiger partial charge in [0.25, 0.3) is 5.69 Å². The Morgan fingerprint density at radius 1 is 1.21 bits per heavy atom. The van der Waals surface area contributed by atoms with Crippen LogP contribution < -0.4 is 5.32 Å². The van der Waals surface area contributed by atoms with Crippen LogP contribution >= 0.6 is 11.8 Å². The molecule has 8 heteroatoms. The molecule has 2 rings (SSSR count). The summed E-state index contributed by atoms with van der Waals surface area (Å²) in [5, 5.41) is 14.4. The molecule has 128 valence electrons. The van der Waals surface area contributed by atoms with E-state index in [4.69, 9.17) is 0 Å². The lowest BCUT2D eigenvalue weighted by molar-refractivity contribution is -0.384. The lowest BCUT2D eigenvalue weighted by atomic mass is 10.2. The molecule has 0 aliphatic carbocycles. The first-order chi connectivity index (χ1) is 11.3. The fraction of sp³-hybridized carbons (Fsp3) is 0.250. The summed E-state index contributed by atoms with van der Waals surface area (Å²) in [6.45, 7) is 2.53. The maximum absolute atomic E-state index is 11.5. The van der Waals surface area contributed by atoms with E-state index in [0.717, 1.165) is 17.2 Å². The van der Waals surface area contributed by atoms with Gasteiger partial charge in [0.2, 0.25) is 0 Å². The lowest BCUT2D eigenvalue weighted by Gasteiger charge is -2.14. The maximum atomic E-state index is 11.5. The molecule has 0 heterocycles. The largest absolute Gasteiger partial charge is 0.378 e. The Labute approximate surface area is 145 Å². The molecule has 0 aliphatic rings. The second-order valence-electron chi connectivity index (χ2n) is 5.33. The third kappa shape index (κ3) is 4.97. The molecule has 1 atom stereocenters. The van der Waals surface area contributed by atoms with E-state index in [1.54, 1.807) is 11.8 Å². The van der Waals surface area contributed by atoms with Crippen LogP contribution in [0, 0.1) is 10.1 Å². The quantitative estimate of drug-likeness (QED) is 0.457. The summed E-state index contributed by atoms with van der Waals surface area (Å²) < 4.78 is 23.1. The average Bonchev–Trinajstić information content (AvgIpc) is 2.52. The smallest absolute Gasteiger partial charge is 0.293 e. The predicted molar refractivity (Wildman–Crippen MR) is 96.5 cm³/mol. The number of nitrogens with zero attached hydrogens (tertiary/aromatic N) is 1. The fourth-order valence-corrected chi connectivity index (χ4v) is 3.66. The predicted octanol–water partition coefficient (Wildman–Crippen LogP) is 3.59. The van der Waals surface area contributed by atoms with Gasteiger partial charge in [-0.25, -0.2) is 8.42 Å². The standard InChI is InChI=1S/C16H18N2O4S2/c1-12(23-13-6-4-3-5-7-13)11-17-15-9-8-14(24(2,21)22)10-16(15)18(19)20/h3-10,12,17H,11H2,1-2H3. The lowest BCUT2D eigenvalue weighted by Crippen LogP contribution is -2.14. The third-order valence-corrected chi connectivity index (χ3v) is 5.48. The molecule has 0 bridgehead atoms. The van der Waals surface area contributed by atoms with Crippen LogP contribution in [0.3, 0.4) is 0 Å². The first-order valence-electron chi connectivity index (χ1n) is 7.21. The second kappa shape index (κ2) is 7.67. The SMILES string of the molecule is CC(CNc1ccc(S(C)(=O)=O)cc1[N+](=O)[O-])Sc1ccccc1. The number of nitro groups is 1. The molecule has 0 radical (unpaired) electrons. The number of sulfone groups is 1. The van der Waals surface area contributed by atoms with Gasteiger partial charge >= 0.3 is 0 Å². The van der Waals surface area contributed by atoms with Gasteiger partial charge in [0.05, 0.1) is 9.82 Å². The van der Waals surface area contributed by atoms with Crippen molar-refractivity contribution in [3.05, 3.63) is 58.6 Å². The van der Waals surface area contributed by atoms with E-state index >= 15 is 0 Å². The molecule has 0 amide bonds. The van der Waals surface area contributed by atoms with E-state index < -0.39 is 14.8 Å². The van der Waals surface area contributed by atoms with Crippen LogP contribution in [0.15, 0.2) is 58.3 Å². The molecule has 0 fully saturated rings. The average molecular weight is 366 g/mol. The zero-order chi connectivity index (χ0) is 17.7. The van der Waals surface area contributed by atoms with Crippen LogP contribution in [0.5, 0.6) is 0 Å². The van der Waals surface area contributed by atoms with Crippen LogP contribution in [-0.2, 0) is 9.84 Å². The Morgan fingerprint density at radius 2 is 1.88 bits per heavy atom. The normalized spacial score (nSPS) is 12.6. The summed E-state index contributed by atoms with van der Waals surface area (Å²) in [6.07, 6.45) is 1.03. The Bertz CT molecular complexity index is 823. The van der Waals surface area contributed by atoms with Gasteiger partial charge in [0.15, 0.2) is 9.84 Å². The second-order valence-corrected chi connectivity index (χ2v) is 8.86. The Balaban J connectivity index is 2.10. The molecular formula is C16H18N2O4S2. The fourth-order valence-electron chi connectivity index (χ4n) is 2.07. The van der Waals surface area contributed by atoms with E-state index in [2.05, 4.69) is 5.32 Å². The number of hydrogen-bond donors (Lipinski definition) is 1. The highest BCUT2D eigenvalue weighted by atomic mass is 32.2. The number of benzene rings is 2. The summed E-state index contributed by atoms with van der Waals surface area (Å²) in [4.78, 5) is 11.7. The molecular weight excluding hydrogens is 348 g/mol. The van der Waals surface area contributed by atoms with Crippen molar-refractivity contribution >= 4 is 33.0 Å². The molecule has 1 unspecified atom stereocenters. The summed E-state index contributed by atoms with van der Waals surface area (Å²) in [7, 11) is -3.48. The van der Waals surface area contributed by atoms with Gasteiger partial charge in [-0.05, 0) is 24.3 Å². The van der Waals surface area contributed by atoms with Crippen LogP contribution in [0.25, 0.3) is 0 Å². The van der Waals surface area contributed by atoms with Crippen molar-refractivity contribution in [3.63, 3.8) is 0 Å². The molecule has 0 saturated heterocycles. The minimum absolute atomic E-state index is 0.0635. The first-order valence-corrected chi connectivity index (χ1v) is 9.98. The number of thioether (sulfide) groups is 1. The van der Waals surface area contributed by atoms with Crippen molar-refractivity contribution < 1.29 is 13.3 Å². The molecule has 24 heavy (non-hydrogen) atoms. The molecule has 2 aromatic rings. The summed E-state index contributed by atoms with van der Waals surface area (Å²) in [5.74, 6) is 0. The van der Waals surface area contributed by atoms with Crippen molar-refractivity contribution in [2.24, 2.45) is 0 Å². The topological polar surface area (TPSA) is 89.3 Å². The van der Waals surface area contributed by atoms with E-state index in [-0.39, 0.29) is 15.8 Å². The van der Waals surface area contributed by atoms with Crippen LogP contribution in [0.1, 0.15) is 6.92 Å². The van der Waals surface area contributed by atoms with Gasteiger partial charge in [-0.2, -0.15) is 0 Å². The minimum atomic E-state index is -3.48. The Kier molecular flexibility index (Phi) is 5.84. The maximum Gasteiger partial charge on any atom is 0.293 e. The van der Waals surface area contributed by atoms with E-state index in [9.17, 15) is 18.5 Å². The number of hydrogen-bond acceptors (Lipinski definition) is 6. The van der Waals surface area contributed by atoms with E-state index in [0.29, 0.717) is 12.2 Å². The highest BCUT2D eigenvalue weighted by Crippen LogP contribution is 2.29. The van der Waals surface area contributed by atoms with Crippen molar-refractivity contribution in [1.82, 2.24) is 0 Å². The van der Waals surface area contributed by atoms with Crippen LogP contribution in [0.4, 0.5) is 11.4 Å². The van der Waals surface area contributed by atoms with Gasteiger partial charge in [-0.3, -0.25) is 10.1 Å². The molecule has 1 N–H and O–H groups in total. The number of nitro benzene ring substituents is 1. The minimum Gasteiger partial charge on any atom is -0.378 e. The molecule has 0 aromatic heterocycles. The first kappa shape index (κ1) is 18.3. The van der Waals surface area contributed by atoms with Crippen LogP contribution in [0.2, 0.25) is 0 Å². The summed E-state index contributed by atoms with van der Waals surface area (Å²) >= 11 is 1.66. The van der Waals surface area contributed by atoms with Crippen LogP contribution in [-0.4, -0.2) is 31.4 Å². The Hall–Kier alpha value is -2.06. The van der Waals surface area contributed by atoms with Crippen molar-refractivity contribution in [1.29, 1.82) is 0 Å². The zero-order valence-electron chi connectivity index (χ0n) is 13.3. The van der Waals surface area contributed by atoms with Gasteiger partial charge in [0, 0.05) is 29.0 Å². The highest BCUT2D eigenvalue weighted by molar-refractivity contribution is 8.00.